The molecule has 0 radical (unpaired) electrons. The van der Waals surface area contributed by atoms with Crippen LogP contribution in [0.25, 0.3) is 10.9 Å². The number of aromatic amines is 1. The van der Waals surface area contributed by atoms with Gasteiger partial charge in [-0.05, 0) is 25.0 Å². The molecule has 0 fully saturated rings. The zero-order valence-electron chi connectivity index (χ0n) is 10.6. The summed E-state index contributed by atoms with van der Waals surface area (Å²) in [5, 5.41) is 1.05. The molecule has 3 rings (SSSR count). The number of carbonyl (C=O) groups is 2. The number of fused-ring (bicyclic) bond motifs is 3. The predicted octanol–water partition coefficient (Wildman–Crippen LogP) is 2.32. The van der Waals surface area contributed by atoms with Gasteiger partial charge in [0.2, 0.25) is 0 Å². The number of nitrogens with one attached hydrogen (secondary N) is 1. The lowest BCUT2D eigenvalue weighted by Crippen LogP contribution is -2.42. The van der Waals surface area contributed by atoms with E-state index in [2.05, 4.69) is 4.98 Å². The van der Waals surface area contributed by atoms with Gasteiger partial charge in [-0.15, -0.1) is 0 Å². The molecule has 5 nitrogen and oxygen atoms in total. The highest BCUT2D eigenvalue weighted by atomic mass is 16.6. The van der Waals surface area contributed by atoms with Crippen molar-refractivity contribution in [1.29, 1.82) is 0 Å². The number of amides is 2. The van der Waals surface area contributed by atoms with Gasteiger partial charge in [0.1, 0.15) is 5.69 Å². The standard InChI is InChI=1S/C14H14N2O3/c1-2-19-14(18)16-8-7-10-9-5-3-4-6-11(9)15-12(10)13(16)17/h3-6,15H,2,7-8H2,1H3. The summed E-state index contributed by atoms with van der Waals surface area (Å²) in [4.78, 5) is 28.2. The van der Waals surface area contributed by atoms with Crippen molar-refractivity contribution in [1.82, 2.24) is 9.88 Å². The van der Waals surface area contributed by atoms with Crippen LogP contribution in [0.2, 0.25) is 0 Å². The number of carbonyl (C=O) groups excluding carboxylic acids is 2. The smallest absolute Gasteiger partial charge is 0.416 e. The van der Waals surface area contributed by atoms with Crippen LogP contribution in [0.4, 0.5) is 4.79 Å². The molecule has 0 aliphatic carbocycles. The van der Waals surface area contributed by atoms with Crippen molar-refractivity contribution in [2.24, 2.45) is 0 Å². The number of hydrogen-bond acceptors (Lipinski definition) is 3. The van der Waals surface area contributed by atoms with E-state index in [9.17, 15) is 9.59 Å². The van der Waals surface area contributed by atoms with Crippen LogP contribution < -0.4 is 0 Å². The molecule has 0 saturated heterocycles. The van der Waals surface area contributed by atoms with Crippen LogP contribution in [0, 0.1) is 0 Å². The number of rotatable bonds is 1. The molecule has 5 heteroatoms. The monoisotopic (exact) mass is 258 g/mol. The number of imide groups is 1. The zero-order chi connectivity index (χ0) is 13.4. The highest BCUT2D eigenvalue weighted by Gasteiger charge is 2.32. The molecule has 98 valence electrons. The molecule has 19 heavy (non-hydrogen) atoms. The van der Waals surface area contributed by atoms with Crippen molar-refractivity contribution < 1.29 is 14.3 Å². The van der Waals surface area contributed by atoms with Crippen LogP contribution in [-0.2, 0) is 11.2 Å². The number of H-pyrrole nitrogens is 1. The van der Waals surface area contributed by atoms with E-state index in [-0.39, 0.29) is 12.5 Å². The second kappa shape index (κ2) is 4.42. The molecular formula is C14H14N2O3. The average molecular weight is 258 g/mol. The minimum absolute atomic E-state index is 0.266. The van der Waals surface area contributed by atoms with E-state index in [1.165, 1.54) is 0 Å². The van der Waals surface area contributed by atoms with Gasteiger partial charge in [0.05, 0.1) is 6.61 Å². The van der Waals surface area contributed by atoms with E-state index in [0.29, 0.717) is 18.7 Å². The first-order chi connectivity index (χ1) is 9.22. The van der Waals surface area contributed by atoms with Gasteiger partial charge in [0.15, 0.2) is 0 Å². The van der Waals surface area contributed by atoms with Crippen LogP contribution in [0.1, 0.15) is 23.0 Å². The molecule has 0 bridgehead atoms. The number of nitrogens with zero attached hydrogens (tertiary/aromatic N) is 1. The summed E-state index contributed by atoms with van der Waals surface area (Å²) >= 11 is 0. The van der Waals surface area contributed by atoms with Crippen LogP contribution in [0.15, 0.2) is 24.3 Å². The molecule has 1 aromatic heterocycles. The van der Waals surface area contributed by atoms with Gasteiger partial charge in [-0.3, -0.25) is 4.79 Å². The number of aromatic nitrogens is 1. The van der Waals surface area contributed by atoms with Crippen LogP contribution in [0.3, 0.4) is 0 Å². The molecule has 1 aliphatic rings. The summed E-state index contributed by atoms with van der Waals surface area (Å²) < 4.78 is 4.89. The maximum absolute atomic E-state index is 12.3. The van der Waals surface area contributed by atoms with Crippen molar-refractivity contribution in [3.05, 3.63) is 35.5 Å². The highest BCUT2D eigenvalue weighted by Crippen LogP contribution is 2.27. The molecule has 2 heterocycles. The predicted molar refractivity (Wildman–Crippen MR) is 70.1 cm³/mol. The molecule has 0 unspecified atom stereocenters. The Morgan fingerprint density at radius 1 is 1.42 bits per heavy atom. The normalized spacial score (nSPS) is 14.6. The van der Waals surface area contributed by atoms with E-state index >= 15 is 0 Å². The third-order valence-electron chi connectivity index (χ3n) is 3.35. The molecule has 0 atom stereocenters. The van der Waals surface area contributed by atoms with Crippen LogP contribution in [-0.4, -0.2) is 35.0 Å². The quantitative estimate of drug-likeness (QED) is 0.853. The fourth-order valence-electron chi connectivity index (χ4n) is 2.48. The Bertz CT molecular complexity index is 660. The second-order valence-electron chi connectivity index (χ2n) is 4.43. The maximum Gasteiger partial charge on any atom is 0.416 e. The fraction of sp³-hybridized carbons (Fsp3) is 0.286. The Kier molecular flexibility index (Phi) is 2.74. The van der Waals surface area contributed by atoms with Crippen molar-refractivity contribution in [2.75, 3.05) is 13.2 Å². The third-order valence-corrected chi connectivity index (χ3v) is 3.35. The molecule has 1 N–H and O–H groups in total. The van der Waals surface area contributed by atoms with Crippen molar-refractivity contribution in [3.63, 3.8) is 0 Å². The summed E-state index contributed by atoms with van der Waals surface area (Å²) in [5.74, 6) is -0.309. The SMILES string of the molecule is CCOC(=O)N1CCc2c([nH]c3ccccc23)C1=O. The van der Waals surface area contributed by atoms with Gasteiger partial charge in [-0.2, -0.15) is 0 Å². The Hall–Kier alpha value is -2.30. The number of para-hydroxylation sites is 1. The maximum atomic E-state index is 12.3. The van der Waals surface area contributed by atoms with E-state index < -0.39 is 6.09 Å². The Labute approximate surface area is 110 Å². The van der Waals surface area contributed by atoms with E-state index in [4.69, 9.17) is 4.74 Å². The molecule has 1 aromatic carbocycles. The summed E-state index contributed by atoms with van der Waals surface area (Å²) in [6, 6.07) is 7.77. The van der Waals surface area contributed by atoms with Gasteiger partial charge in [0.25, 0.3) is 5.91 Å². The van der Waals surface area contributed by atoms with Crippen molar-refractivity contribution >= 4 is 22.9 Å². The van der Waals surface area contributed by atoms with Crippen LogP contribution >= 0.6 is 0 Å². The Morgan fingerprint density at radius 2 is 2.21 bits per heavy atom. The minimum Gasteiger partial charge on any atom is -0.449 e. The highest BCUT2D eigenvalue weighted by molar-refractivity contribution is 6.07. The molecule has 0 spiro atoms. The second-order valence-corrected chi connectivity index (χ2v) is 4.43. The molecular weight excluding hydrogens is 244 g/mol. The van der Waals surface area contributed by atoms with Gasteiger partial charge in [0, 0.05) is 17.4 Å². The molecule has 1 aliphatic heterocycles. The number of hydrogen-bond donors (Lipinski definition) is 1. The lowest BCUT2D eigenvalue weighted by molar-refractivity contribution is 0.0653. The first kappa shape index (κ1) is 11.8. The van der Waals surface area contributed by atoms with Gasteiger partial charge in [-0.25, -0.2) is 9.69 Å². The first-order valence-electron chi connectivity index (χ1n) is 6.30. The van der Waals surface area contributed by atoms with E-state index in [0.717, 1.165) is 21.4 Å². The summed E-state index contributed by atoms with van der Waals surface area (Å²) in [6.45, 7) is 2.36. The number of ether oxygens (including phenoxy) is 1. The van der Waals surface area contributed by atoms with E-state index in [1.807, 2.05) is 24.3 Å². The topological polar surface area (TPSA) is 62.4 Å². The Morgan fingerprint density at radius 3 is 3.00 bits per heavy atom. The van der Waals surface area contributed by atoms with Gasteiger partial charge in [-0.1, -0.05) is 18.2 Å². The minimum atomic E-state index is -0.572. The summed E-state index contributed by atoms with van der Waals surface area (Å²) in [6.07, 6.45) is 0.0842. The van der Waals surface area contributed by atoms with Crippen molar-refractivity contribution in [2.45, 2.75) is 13.3 Å². The molecule has 0 saturated carbocycles. The molecule has 2 aromatic rings. The lowest BCUT2D eigenvalue weighted by Gasteiger charge is -2.24. The first-order valence-corrected chi connectivity index (χ1v) is 6.30. The summed E-state index contributed by atoms with van der Waals surface area (Å²) in [7, 11) is 0. The largest absolute Gasteiger partial charge is 0.449 e. The average Bonchev–Trinajstić information content (AvgIpc) is 2.79. The van der Waals surface area contributed by atoms with Gasteiger partial charge >= 0.3 is 6.09 Å². The summed E-state index contributed by atoms with van der Waals surface area (Å²) in [5.41, 5.74) is 2.41. The van der Waals surface area contributed by atoms with Crippen LogP contribution in [0.5, 0.6) is 0 Å². The number of benzene rings is 1. The third kappa shape index (κ3) is 1.78. The Balaban J connectivity index is 2.02. The zero-order valence-corrected chi connectivity index (χ0v) is 10.6. The fourth-order valence-corrected chi connectivity index (χ4v) is 2.48. The van der Waals surface area contributed by atoms with Crippen molar-refractivity contribution in [3.8, 4) is 0 Å². The molecule has 2 amide bonds. The van der Waals surface area contributed by atoms with Gasteiger partial charge < -0.3 is 9.72 Å². The van der Waals surface area contributed by atoms with E-state index in [1.54, 1.807) is 6.92 Å². The lowest BCUT2D eigenvalue weighted by atomic mass is 10.0.